The second-order valence-electron chi connectivity index (χ2n) is 4.72. The molecule has 4 nitrogen and oxygen atoms in total. The molecule has 1 aromatic carbocycles. The van der Waals surface area contributed by atoms with Gasteiger partial charge in [0.15, 0.2) is 0 Å². The van der Waals surface area contributed by atoms with E-state index in [-0.39, 0.29) is 0 Å². The van der Waals surface area contributed by atoms with Gasteiger partial charge in [0.05, 0.1) is 13.2 Å². The largest absolute Gasteiger partial charge is 0.383 e. The smallest absolute Gasteiger partial charge is 0.0713 e. The van der Waals surface area contributed by atoms with Gasteiger partial charge in [0.1, 0.15) is 0 Å². The van der Waals surface area contributed by atoms with Gasteiger partial charge in [0, 0.05) is 26.8 Å². The molecule has 1 rings (SSSR count). The van der Waals surface area contributed by atoms with Crippen LogP contribution in [-0.2, 0) is 22.6 Å². The van der Waals surface area contributed by atoms with E-state index in [2.05, 4.69) is 29.6 Å². The third-order valence-electron chi connectivity index (χ3n) is 3.02. The van der Waals surface area contributed by atoms with Crippen molar-refractivity contribution in [2.24, 2.45) is 5.73 Å². The molecule has 4 heteroatoms. The normalized spacial score (nSPS) is 12.6. The van der Waals surface area contributed by atoms with E-state index in [1.54, 1.807) is 14.2 Å². The monoisotopic (exact) mass is 266 g/mol. The van der Waals surface area contributed by atoms with Crippen LogP contribution in [0.5, 0.6) is 0 Å². The number of methoxy groups -OCH3 is 2. The van der Waals surface area contributed by atoms with Crippen molar-refractivity contribution >= 4 is 0 Å². The first-order valence-corrected chi connectivity index (χ1v) is 6.79. The first kappa shape index (κ1) is 16.1. The number of benzene rings is 1. The van der Waals surface area contributed by atoms with Crippen molar-refractivity contribution in [2.75, 3.05) is 27.4 Å². The molecule has 108 valence electrons. The molecule has 0 spiro atoms. The van der Waals surface area contributed by atoms with Crippen LogP contribution in [0.3, 0.4) is 0 Å². The Hall–Kier alpha value is -0.940. The molecule has 0 aromatic heterocycles. The summed E-state index contributed by atoms with van der Waals surface area (Å²) in [5.41, 5.74) is 8.02. The highest BCUT2D eigenvalue weighted by atomic mass is 16.5. The molecule has 0 heterocycles. The molecule has 1 atom stereocenters. The predicted octanol–water partition coefficient (Wildman–Crippen LogP) is 1.68. The maximum atomic E-state index is 5.55. The molecule has 19 heavy (non-hydrogen) atoms. The molecule has 0 aliphatic carbocycles. The summed E-state index contributed by atoms with van der Waals surface area (Å²) in [6, 6.07) is 8.80. The summed E-state index contributed by atoms with van der Waals surface area (Å²) in [7, 11) is 3.45. The van der Waals surface area contributed by atoms with Crippen molar-refractivity contribution < 1.29 is 9.47 Å². The summed E-state index contributed by atoms with van der Waals surface area (Å²) in [4.78, 5) is 0. The van der Waals surface area contributed by atoms with Crippen LogP contribution in [-0.4, -0.2) is 33.4 Å². The van der Waals surface area contributed by atoms with E-state index in [9.17, 15) is 0 Å². The van der Waals surface area contributed by atoms with Crippen LogP contribution in [0.4, 0.5) is 0 Å². The fourth-order valence-corrected chi connectivity index (χ4v) is 2.07. The minimum absolute atomic E-state index is 0.361. The topological polar surface area (TPSA) is 56.5 Å². The molecule has 3 N–H and O–H groups in total. The third kappa shape index (κ3) is 6.68. The van der Waals surface area contributed by atoms with Gasteiger partial charge in [0.25, 0.3) is 0 Å². The van der Waals surface area contributed by atoms with Crippen molar-refractivity contribution in [3.63, 3.8) is 0 Å². The van der Waals surface area contributed by atoms with E-state index in [1.807, 2.05) is 0 Å². The van der Waals surface area contributed by atoms with Crippen LogP contribution in [0, 0.1) is 0 Å². The Morgan fingerprint density at radius 1 is 1.21 bits per heavy atom. The first-order chi connectivity index (χ1) is 9.30. The lowest BCUT2D eigenvalue weighted by Gasteiger charge is -2.18. The zero-order chi connectivity index (χ0) is 13.9. The zero-order valence-electron chi connectivity index (χ0n) is 12.0. The van der Waals surface area contributed by atoms with E-state index < -0.39 is 0 Å². The zero-order valence-corrected chi connectivity index (χ0v) is 12.0. The first-order valence-electron chi connectivity index (χ1n) is 6.79. The van der Waals surface area contributed by atoms with Crippen LogP contribution >= 0.6 is 0 Å². The van der Waals surface area contributed by atoms with Crippen molar-refractivity contribution in [1.29, 1.82) is 0 Å². The molecule has 0 aliphatic rings. The molecule has 1 unspecified atom stereocenters. The molecule has 0 aliphatic heterocycles. The van der Waals surface area contributed by atoms with Crippen LogP contribution in [0.1, 0.15) is 24.0 Å². The molecule has 0 bridgehead atoms. The van der Waals surface area contributed by atoms with Crippen molar-refractivity contribution in [3.05, 3.63) is 35.4 Å². The molecule has 1 aromatic rings. The lowest BCUT2D eigenvalue weighted by atomic mass is 10.1. The van der Waals surface area contributed by atoms with E-state index in [0.717, 1.165) is 32.5 Å². The Kier molecular flexibility index (Phi) is 8.41. The Balaban J connectivity index is 2.45. The lowest BCUT2D eigenvalue weighted by molar-refractivity contribution is 0.161. The lowest BCUT2D eigenvalue weighted by Crippen LogP contribution is -2.33. The number of hydrogen-bond donors (Lipinski definition) is 2. The highest BCUT2D eigenvalue weighted by molar-refractivity contribution is 5.22. The summed E-state index contributed by atoms with van der Waals surface area (Å²) < 4.78 is 10.4. The highest BCUT2D eigenvalue weighted by Gasteiger charge is 2.07. The van der Waals surface area contributed by atoms with E-state index in [4.69, 9.17) is 15.2 Å². The number of nitrogens with one attached hydrogen (secondary N) is 1. The van der Waals surface area contributed by atoms with Crippen molar-refractivity contribution in [1.82, 2.24) is 5.32 Å². The minimum Gasteiger partial charge on any atom is -0.383 e. The number of ether oxygens (including phenoxy) is 2. The Labute approximate surface area is 116 Å². The van der Waals surface area contributed by atoms with Gasteiger partial charge < -0.3 is 20.5 Å². The SMILES string of the molecule is COCc1cccc(CNC(CCCN)COC)c1. The van der Waals surface area contributed by atoms with Gasteiger partial charge in [-0.05, 0) is 30.5 Å². The van der Waals surface area contributed by atoms with Gasteiger partial charge in [-0.3, -0.25) is 0 Å². The van der Waals surface area contributed by atoms with Gasteiger partial charge in [-0.25, -0.2) is 0 Å². The summed E-state index contributed by atoms with van der Waals surface area (Å²) in [6.45, 7) is 2.95. The maximum Gasteiger partial charge on any atom is 0.0713 e. The molecular formula is C15H26N2O2. The van der Waals surface area contributed by atoms with Crippen LogP contribution in [0.15, 0.2) is 24.3 Å². The van der Waals surface area contributed by atoms with Gasteiger partial charge in [-0.15, -0.1) is 0 Å². The van der Waals surface area contributed by atoms with E-state index >= 15 is 0 Å². The highest BCUT2D eigenvalue weighted by Crippen LogP contribution is 2.07. The molecule has 0 fully saturated rings. The minimum atomic E-state index is 0.361. The van der Waals surface area contributed by atoms with Gasteiger partial charge in [0.2, 0.25) is 0 Å². The molecule has 0 amide bonds. The van der Waals surface area contributed by atoms with Crippen LogP contribution < -0.4 is 11.1 Å². The Bertz CT molecular complexity index is 345. The van der Waals surface area contributed by atoms with Crippen molar-refractivity contribution in [3.8, 4) is 0 Å². The van der Waals surface area contributed by atoms with Crippen LogP contribution in [0.25, 0.3) is 0 Å². The van der Waals surface area contributed by atoms with Gasteiger partial charge in [-0.2, -0.15) is 0 Å². The fraction of sp³-hybridized carbons (Fsp3) is 0.600. The van der Waals surface area contributed by atoms with Crippen LogP contribution in [0.2, 0.25) is 0 Å². The molecular weight excluding hydrogens is 240 g/mol. The second-order valence-corrected chi connectivity index (χ2v) is 4.72. The quantitative estimate of drug-likeness (QED) is 0.676. The number of rotatable bonds is 10. The van der Waals surface area contributed by atoms with Crippen molar-refractivity contribution in [2.45, 2.75) is 32.0 Å². The van der Waals surface area contributed by atoms with E-state index in [0.29, 0.717) is 12.6 Å². The van der Waals surface area contributed by atoms with Gasteiger partial charge in [-0.1, -0.05) is 24.3 Å². The second kappa shape index (κ2) is 9.92. The molecule has 0 saturated carbocycles. The number of hydrogen-bond acceptors (Lipinski definition) is 4. The fourth-order valence-electron chi connectivity index (χ4n) is 2.07. The van der Waals surface area contributed by atoms with E-state index in [1.165, 1.54) is 11.1 Å². The average Bonchev–Trinajstić information content (AvgIpc) is 2.43. The summed E-state index contributed by atoms with van der Waals surface area (Å²) in [6.07, 6.45) is 2.06. The molecule has 0 saturated heterocycles. The third-order valence-corrected chi connectivity index (χ3v) is 3.02. The summed E-state index contributed by atoms with van der Waals surface area (Å²) in [5.74, 6) is 0. The predicted molar refractivity (Wildman–Crippen MR) is 77.9 cm³/mol. The maximum absolute atomic E-state index is 5.55. The number of nitrogens with two attached hydrogens (primary N) is 1. The Morgan fingerprint density at radius 2 is 2.00 bits per heavy atom. The summed E-state index contributed by atoms with van der Waals surface area (Å²) in [5, 5.41) is 3.52. The van der Waals surface area contributed by atoms with Gasteiger partial charge >= 0.3 is 0 Å². The summed E-state index contributed by atoms with van der Waals surface area (Å²) >= 11 is 0. The Morgan fingerprint density at radius 3 is 2.68 bits per heavy atom. The molecule has 0 radical (unpaired) electrons. The average molecular weight is 266 g/mol. The standard InChI is InChI=1S/C15H26N2O2/c1-18-11-14-6-3-5-13(9-14)10-17-15(12-19-2)7-4-8-16/h3,5-6,9,15,17H,4,7-8,10-12,16H2,1-2H3.